The van der Waals surface area contributed by atoms with Crippen LogP contribution in [0.3, 0.4) is 0 Å². The Labute approximate surface area is 188 Å². The molecule has 6 heteroatoms. The number of benzene rings is 2. The molecule has 0 aliphatic heterocycles. The number of para-hydroxylation sites is 4. The minimum Gasteiger partial charge on any atom is -0.230 e. The molecule has 2 aromatic heterocycles. The molecule has 0 bridgehead atoms. The molecule has 0 amide bonds. The second-order valence-corrected chi connectivity index (χ2v) is 7.89. The first-order valence-corrected chi connectivity index (χ1v) is 11.2. The van der Waals surface area contributed by atoms with E-state index in [1.165, 1.54) is 22.1 Å². The molecule has 2 heterocycles. The summed E-state index contributed by atoms with van der Waals surface area (Å²) in [5.74, 6) is 0. The molecule has 0 unspecified atom stereocenters. The number of rotatable bonds is 10. The molecule has 4 aromatic rings. The Bertz CT molecular complexity index is 1210. The number of imidazole rings is 2. The highest BCUT2D eigenvalue weighted by molar-refractivity contribution is 5.72. The van der Waals surface area contributed by atoms with Gasteiger partial charge in [0.05, 0.1) is 25.2 Å². The Morgan fingerprint density at radius 2 is 1.12 bits per heavy atom. The van der Waals surface area contributed by atoms with Crippen LogP contribution in [0, 0.1) is 22.7 Å². The van der Waals surface area contributed by atoms with E-state index in [0.717, 1.165) is 39.0 Å². The van der Waals surface area contributed by atoms with Gasteiger partial charge in [0.2, 0.25) is 12.7 Å². The first-order chi connectivity index (χ1) is 15.8. The predicted octanol–water partition coefficient (Wildman–Crippen LogP) is 4.03. The van der Waals surface area contributed by atoms with Gasteiger partial charge in [-0.05, 0) is 49.3 Å². The van der Waals surface area contributed by atoms with E-state index in [9.17, 15) is 0 Å². The van der Waals surface area contributed by atoms with Crippen molar-refractivity contribution in [3.05, 3.63) is 73.3 Å². The number of aryl methyl sites for hydroxylation is 2. The summed E-state index contributed by atoms with van der Waals surface area (Å²) in [7, 11) is 0. The highest BCUT2D eigenvalue weighted by atomic mass is 15.1. The van der Waals surface area contributed by atoms with E-state index in [4.69, 9.17) is 10.5 Å². The number of aromatic nitrogens is 4. The van der Waals surface area contributed by atoms with Crippen molar-refractivity contribution in [2.24, 2.45) is 0 Å². The van der Waals surface area contributed by atoms with Gasteiger partial charge in [-0.15, -0.1) is 0 Å². The maximum absolute atomic E-state index is 8.83. The second-order valence-electron chi connectivity index (χ2n) is 7.89. The average molecular weight is 425 g/mol. The summed E-state index contributed by atoms with van der Waals surface area (Å²) in [5, 5.41) is 17.7. The van der Waals surface area contributed by atoms with Gasteiger partial charge in [-0.25, -0.2) is 18.3 Å². The summed E-state index contributed by atoms with van der Waals surface area (Å²) < 4.78 is 9.00. The van der Waals surface area contributed by atoms with Gasteiger partial charge in [-0.3, -0.25) is 0 Å². The molecule has 0 N–H and O–H groups in total. The molecule has 6 nitrogen and oxygen atoms in total. The van der Waals surface area contributed by atoms with Gasteiger partial charge in [-0.1, -0.05) is 24.3 Å². The summed E-state index contributed by atoms with van der Waals surface area (Å²) in [6, 6.07) is 21.3. The van der Waals surface area contributed by atoms with Crippen LogP contribution in [0.1, 0.15) is 25.7 Å². The van der Waals surface area contributed by atoms with Crippen LogP contribution in [-0.4, -0.2) is 9.13 Å². The lowest BCUT2D eigenvalue weighted by atomic mass is 10.3. The number of unbranched alkanes of at least 4 members (excludes halogenated alkanes) is 2. The van der Waals surface area contributed by atoms with Crippen LogP contribution < -0.4 is 9.13 Å². The topological polar surface area (TPSA) is 65.2 Å². The average Bonchev–Trinajstić information content (AvgIpc) is 3.36. The zero-order valence-corrected chi connectivity index (χ0v) is 18.3. The number of allylic oxidation sites excluding steroid dienone is 2. The third-order valence-electron chi connectivity index (χ3n) is 5.70. The maximum atomic E-state index is 8.83. The van der Waals surface area contributed by atoms with Crippen LogP contribution in [0.25, 0.3) is 22.1 Å². The van der Waals surface area contributed by atoms with Crippen molar-refractivity contribution in [1.82, 2.24) is 9.13 Å². The van der Waals surface area contributed by atoms with Gasteiger partial charge in [0.1, 0.15) is 13.1 Å². The lowest BCUT2D eigenvalue weighted by Gasteiger charge is -1.93. The van der Waals surface area contributed by atoms with Gasteiger partial charge in [0, 0.05) is 12.8 Å². The normalized spacial score (nSPS) is 11.3. The van der Waals surface area contributed by atoms with Gasteiger partial charge < -0.3 is 0 Å². The smallest absolute Gasteiger partial charge is 0.230 e. The maximum Gasteiger partial charge on any atom is 0.245 e. The molecule has 0 atom stereocenters. The molecule has 32 heavy (non-hydrogen) atoms. The van der Waals surface area contributed by atoms with Crippen LogP contribution in [-0.2, 0) is 26.2 Å². The quantitative estimate of drug-likeness (QED) is 0.219. The molecular weight excluding hydrogens is 396 g/mol. The minimum absolute atomic E-state index is 0.577. The Morgan fingerprint density at radius 3 is 1.56 bits per heavy atom. The van der Waals surface area contributed by atoms with Crippen molar-refractivity contribution in [3.8, 4) is 12.1 Å². The Hall–Kier alpha value is -3.90. The number of nitriles is 2. The van der Waals surface area contributed by atoms with Crippen molar-refractivity contribution < 1.29 is 9.13 Å². The molecule has 0 radical (unpaired) electrons. The molecule has 0 spiro atoms. The Balaban J connectivity index is 1.48. The zero-order valence-electron chi connectivity index (χ0n) is 18.3. The van der Waals surface area contributed by atoms with Gasteiger partial charge in [0.15, 0.2) is 22.1 Å². The lowest BCUT2D eigenvalue weighted by Crippen LogP contribution is -2.33. The summed E-state index contributed by atoms with van der Waals surface area (Å²) >= 11 is 0. The fraction of sp³-hybridized carbons (Fsp3) is 0.308. The number of hydrogen-bond acceptors (Lipinski definition) is 2. The first kappa shape index (κ1) is 21.3. The highest BCUT2D eigenvalue weighted by Crippen LogP contribution is 2.13. The van der Waals surface area contributed by atoms with Crippen molar-refractivity contribution in [1.29, 1.82) is 10.5 Å². The van der Waals surface area contributed by atoms with Gasteiger partial charge in [0.25, 0.3) is 0 Å². The molecule has 0 aliphatic rings. The monoisotopic (exact) mass is 424 g/mol. The van der Waals surface area contributed by atoms with Crippen LogP contribution in [0.2, 0.25) is 0 Å². The number of fused-ring (bicyclic) bond motifs is 2. The van der Waals surface area contributed by atoms with Crippen LogP contribution in [0.4, 0.5) is 0 Å². The molecule has 0 saturated heterocycles. The standard InChI is InChI=1S/C26H28N6/c27-15-5-7-17-29-21-31(25-13-3-1-11-23(25)29)19-9-10-20-32-22-30(18-8-6-16-28)24-12-2-4-14-26(24)32/h1-4,9-14,21-22H,5-8,17-20H2/q+2/b10-9+. The van der Waals surface area contributed by atoms with Crippen molar-refractivity contribution >= 4 is 22.1 Å². The third-order valence-corrected chi connectivity index (χ3v) is 5.70. The van der Waals surface area contributed by atoms with Crippen molar-refractivity contribution in [2.45, 2.75) is 51.9 Å². The largest absolute Gasteiger partial charge is 0.245 e. The summed E-state index contributed by atoms with van der Waals surface area (Å²) in [4.78, 5) is 0. The van der Waals surface area contributed by atoms with E-state index in [2.05, 4.69) is 104 Å². The Morgan fingerprint density at radius 1 is 0.688 bits per heavy atom. The lowest BCUT2D eigenvalue weighted by molar-refractivity contribution is -0.666. The molecule has 160 valence electrons. The minimum atomic E-state index is 0.577. The molecule has 4 rings (SSSR count). The second kappa shape index (κ2) is 10.4. The van der Waals surface area contributed by atoms with Crippen LogP contribution in [0.15, 0.2) is 73.3 Å². The van der Waals surface area contributed by atoms with E-state index in [1.807, 2.05) is 0 Å². The molecule has 2 aromatic carbocycles. The summed E-state index contributed by atoms with van der Waals surface area (Å²) in [5.41, 5.74) is 4.81. The van der Waals surface area contributed by atoms with E-state index < -0.39 is 0 Å². The fourth-order valence-corrected chi connectivity index (χ4v) is 4.17. The zero-order chi connectivity index (χ0) is 22.2. The van der Waals surface area contributed by atoms with E-state index in [0.29, 0.717) is 12.8 Å². The van der Waals surface area contributed by atoms with Gasteiger partial charge >= 0.3 is 0 Å². The number of nitrogens with zero attached hydrogens (tertiary/aromatic N) is 6. The van der Waals surface area contributed by atoms with Crippen LogP contribution in [0.5, 0.6) is 0 Å². The molecule has 0 saturated carbocycles. The van der Waals surface area contributed by atoms with E-state index >= 15 is 0 Å². The summed E-state index contributed by atoms with van der Waals surface area (Å²) in [6.45, 7) is 3.30. The molecular formula is C26H28N6+2. The summed E-state index contributed by atoms with van der Waals surface area (Å²) in [6.07, 6.45) is 11.6. The molecule has 0 fully saturated rings. The van der Waals surface area contributed by atoms with Crippen molar-refractivity contribution in [2.75, 3.05) is 0 Å². The van der Waals surface area contributed by atoms with Crippen LogP contribution >= 0.6 is 0 Å². The number of hydrogen-bond donors (Lipinski definition) is 0. The van der Waals surface area contributed by atoms with E-state index in [1.54, 1.807) is 0 Å². The van der Waals surface area contributed by atoms with Gasteiger partial charge in [-0.2, -0.15) is 10.5 Å². The SMILES string of the molecule is N#CCCCn1c[n+](C/C=C/C[n+]2cn(CCCC#N)c3ccccc32)c2ccccc21. The fourth-order valence-electron chi connectivity index (χ4n) is 4.17. The predicted molar refractivity (Wildman–Crippen MR) is 123 cm³/mol. The third kappa shape index (κ3) is 4.71. The Kier molecular flexibility index (Phi) is 6.94. The van der Waals surface area contributed by atoms with Crippen molar-refractivity contribution in [3.63, 3.8) is 0 Å². The molecule has 0 aliphatic carbocycles. The van der Waals surface area contributed by atoms with E-state index in [-0.39, 0.29) is 0 Å². The highest BCUT2D eigenvalue weighted by Gasteiger charge is 2.15. The first-order valence-electron chi connectivity index (χ1n) is 11.2.